The van der Waals surface area contributed by atoms with Crippen molar-refractivity contribution >= 4 is 0 Å². The average molecular weight is 257 g/mol. The Kier molecular flexibility index (Phi) is 9.46. The number of benzene rings is 1. The molecular formula is C18H27N. The van der Waals surface area contributed by atoms with E-state index in [1.165, 1.54) is 11.1 Å². The van der Waals surface area contributed by atoms with Gasteiger partial charge in [-0.2, -0.15) is 0 Å². The van der Waals surface area contributed by atoms with E-state index in [1.54, 1.807) is 0 Å². The van der Waals surface area contributed by atoms with Crippen LogP contribution in [0.1, 0.15) is 39.3 Å². The molecule has 1 aromatic rings. The molecule has 1 heteroatoms. The Bertz CT molecular complexity index is 413. The maximum atomic E-state index is 4.06. The summed E-state index contributed by atoms with van der Waals surface area (Å²) in [6, 6.07) is 10.6. The third kappa shape index (κ3) is 5.71. The third-order valence-corrected chi connectivity index (χ3v) is 2.69. The fourth-order valence-electron chi connectivity index (χ4n) is 1.83. The van der Waals surface area contributed by atoms with Crippen LogP contribution in [-0.4, -0.2) is 7.05 Å². The van der Waals surface area contributed by atoms with Crippen LogP contribution in [0.3, 0.4) is 0 Å². The summed E-state index contributed by atoms with van der Waals surface area (Å²) in [7, 11) is 1.98. The van der Waals surface area contributed by atoms with Gasteiger partial charge in [-0.3, -0.25) is 0 Å². The first-order valence-electron chi connectivity index (χ1n) is 6.91. The molecule has 0 heterocycles. The van der Waals surface area contributed by atoms with Crippen molar-refractivity contribution in [3.8, 4) is 0 Å². The molecule has 0 aliphatic heterocycles. The summed E-state index contributed by atoms with van der Waals surface area (Å²) in [5, 5.41) is 3.35. The summed E-state index contributed by atoms with van der Waals surface area (Å²) in [6.45, 7) is 12.1. The van der Waals surface area contributed by atoms with Gasteiger partial charge in [-0.05, 0) is 32.0 Å². The Balaban J connectivity index is 0.00000154. The van der Waals surface area contributed by atoms with E-state index in [-0.39, 0.29) is 6.04 Å². The minimum absolute atomic E-state index is 0.199. The summed E-state index contributed by atoms with van der Waals surface area (Å²) in [5.74, 6) is 0. The molecule has 0 bridgehead atoms. The van der Waals surface area contributed by atoms with Gasteiger partial charge in [-0.25, -0.2) is 0 Å². The fraction of sp³-hybridized carbons (Fsp3) is 0.333. The highest BCUT2D eigenvalue weighted by molar-refractivity contribution is 5.40. The molecule has 1 N–H and O–H groups in total. The van der Waals surface area contributed by atoms with Crippen LogP contribution in [0.5, 0.6) is 0 Å². The van der Waals surface area contributed by atoms with E-state index in [2.05, 4.69) is 48.3 Å². The second-order valence-corrected chi connectivity index (χ2v) is 4.06. The van der Waals surface area contributed by atoms with Gasteiger partial charge in [0.1, 0.15) is 0 Å². The highest BCUT2D eigenvalue weighted by Crippen LogP contribution is 2.26. The summed E-state index contributed by atoms with van der Waals surface area (Å²) in [4.78, 5) is 0. The van der Waals surface area contributed by atoms with Crippen molar-refractivity contribution in [1.82, 2.24) is 5.32 Å². The zero-order valence-electron chi connectivity index (χ0n) is 12.9. The standard InChI is InChI=1S/C16H21N.C2H6/c1-5-6-12-15(13(2)3)16(17-4)14-10-8-7-9-11-14;1-2/h5-12,16-17H,2H2,1,3-4H3;1-2H3/b6-5+,15-12+;. The molecule has 1 aromatic carbocycles. The van der Waals surface area contributed by atoms with Crippen LogP contribution in [0, 0.1) is 0 Å². The predicted molar refractivity (Wildman–Crippen MR) is 87.3 cm³/mol. The van der Waals surface area contributed by atoms with Gasteiger partial charge in [0.05, 0.1) is 6.04 Å². The molecule has 0 aliphatic carbocycles. The van der Waals surface area contributed by atoms with Gasteiger partial charge < -0.3 is 5.32 Å². The van der Waals surface area contributed by atoms with Crippen LogP contribution >= 0.6 is 0 Å². The van der Waals surface area contributed by atoms with E-state index in [0.29, 0.717) is 0 Å². The molecule has 19 heavy (non-hydrogen) atoms. The van der Waals surface area contributed by atoms with Crippen molar-refractivity contribution in [3.63, 3.8) is 0 Å². The Labute approximate surface area is 118 Å². The molecule has 0 fully saturated rings. The molecule has 1 atom stereocenters. The Hall–Kier alpha value is -1.60. The lowest BCUT2D eigenvalue weighted by atomic mass is 9.94. The lowest BCUT2D eigenvalue weighted by Gasteiger charge is -2.20. The molecule has 1 nitrogen and oxygen atoms in total. The number of allylic oxidation sites excluding steroid dienone is 3. The Morgan fingerprint density at radius 3 is 2.21 bits per heavy atom. The van der Waals surface area contributed by atoms with Crippen LogP contribution in [0.15, 0.2) is 66.3 Å². The molecule has 0 saturated carbocycles. The number of hydrogen-bond acceptors (Lipinski definition) is 1. The maximum Gasteiger partial charge on any atom is 0.0576 e. The maximum absolute atomic E-state index is 4.06. The zero-order valence-corrected chi connectivity index (χ0v) is 12.9. The smallest absolute Gasteiger partial charge is 0.0576 e. The highest BCUT2D eigenvalue weighted by atomic mass is 14.9. The van der Waals surface area contributed by atoms with Gasteiger partial charge >= 0.3 is 0 Å². The number of rotatable bonds is 5. The molecule has 0 amide bonds. The van der Waals surface area contributed by atoms with Gasteiger partial charge in [0.15, 0.2) is 0 Å². The van der Waals surface area contributed by atoms with Gasteiger partial charge in [-0.1, -0.05) is 74.6 Å². The van der Waals surface area contributed by atoms with E-state index in [0.717, 1.165) is 5.57 Å². The SMILES string of the molecule is C=C(C)/C(=C\C=C\C)C(NC)c1ccccc1.CC. The summed E-state index contributed by atoms with van der Waals surface area (Å²) < 4.78 is 0. The molecule has 0 saturated heterocycles. The minimum Gasteiger partial charge on any atom is -0.309 e. The molecule has 1 rings (SSSR count). The van der Waals surface area contributed by atoms with E-state index in [4.69, 9.17) is 0 Å². The second kappa shape index (κ2) is 10.3. The van der Waals surface area contributed by atoms with Crippen LogP contribution in [0.2, 0.25) is 0 Å². The average Bonchev–Trinajstić information content (AvgIpc) is 2.46. The fourth-order valence-corrected chi connectivity index (χ4v) is 1.83. The molecule has 104 valence electrons. The van der Waals surface area contributed by atoms with Crippen molar-refractivity contribution in [3.05, 3.63) is 71.8 Å². The molecule has 0 aliphatic rings. The van der Waals surface area contributed by atoms with Crippen LogP contribution in [-0.2, 0) is 0 Å². The first-order chi connectivity index (χ1) is 9.20. The Morgan fingerprint density at radius 2 is 1.79 bits per heavy atom. The van der Waals surface area contributed by atoms with E-state index < -0.39 is 0 Å². The predicted octanol–water partition coefficient (Wildman–Crippen LogP) is 5.05. The monoisotopic (exact) mass is 257 g/mol. The van der Waals surface area contributed by atoms with E-state index in [1.807, 2.05) is 46.9 Å². The quantitative estimate of drug-likeness (QED) is 0.728. The second-order valence-electron chi connectivity index (χ2n) is 4.06. The lowest BCUT2D eigenvalue weighted by Crippen LogP contribution is -2.19. The molecular weight excluding hydrogens is 230 g/mol. The summed E-state index contributed by atoms with van der Waals surface area (Å²) in [6.07, 6.45) is 6.20. The Morgan fingerprint density at radius 1 is 1.21 bits per heavy atom. The van der Waals surface area contributed by atoms with Crippen molar-refractivity contribution < 1.29 is 0 Å². The van der Waals surface area contributed by atoms with Crippen LogP contribution < -0.4 is 5.32 Å². The van der Waals surface area contributed by atoms with Crippen molar-refractivity contribution in [2.24, 2.45) is 0 Å². The zero-order chi connectivity index (χ0) is 14.7. The molecule has 0 aromatic heterocycles. The van der Waals surface area contributed by atoms with Crippen molar-refractivity contribution in [2.75, 3.05) is 7.05 Å². The summed E-state index contributed by atoms with van der Waals surface area (Å²) >= 11 is 0. The normalized spacial score (nSPS) is 12.8. The van der Waals surface area contributed by atoms with Gasteiger partial charge in [-0.15, -0.1) is 0 Å². The molecule has 0 spiro atoms. The van der Waals surface area contributed by atoms with Gasteiger partial charge in [0.25, 0.3) is 0 Å². The van der Waals surface area contributed by atoms with E-state index in [9.17, 15) is 0 Å². The summed E-state index contributed by atoms with van der Waals surface area (Å²) in [5.41, 5.74) is 3.57. The van der Waals surface area contributed by atoms with Gasteiger partial charge in [0.2, 0.25) is 0 Å². The first-order valence-corrected chi connectivity index (χ1v) is 6.91. The highest BCUT2D eigenvalue weighted by Gasteiger charge is 2.14. The lowest BCUT2D eigenvalue weighted by molar-refractivity contribution is 0.683. The number of nitrogens with one attached hydrogen (secondary N) is 1. The number of hydrogen-bond donors (Lipinski definition) is 1. The van der Waals surface area contributed by atoms with Crippen LogP contribution in [0.4, 0.5) is 0 Å². The van der Waals surface area contributed by atoms with Crippen LogP contribution in [0.25, 0.3) is 0 Å². The van der Waals surface area contributed by atoms with E-state index >= 15 is 0 Å². The van der Waals surface area contributed by atoms with Gasteiger partial charge in [0, 0.05) is 0 Å². The topological polar surface area (TPSA) is 12.0 Å². The molecule has 0 radical (unpaired) electrons. The molecule has 1 unspecified atom stereocenters. The third-order valence-electron chi connectivity index (χ3n) is 2.69. The minimum atomic E-state index is 0.199. The number of likely N-dealkylation sites (N-methyl/N-ethyl adjacent to an activating group) is 1. The largest absolute Gasteiger partial charge is 0.309 e. The van der Waals surface area contributed by atoms with Crippen molar-refractivity contribution in [1.29, 1.82) is 0 Å². The van der Waals surface area contributed by atoms with Crippen molar-refractivity contribution in [2.45, 2.75) is 33.7 Å². The first kappa shape index (κ1) is 17.4.